The van der Waals surface area contributed by atoms with E-state index in [0.717, 1.165) is 0 Å². The summed E-state index contributed by atoms with van der Waals surface area (Å²) >= 11 is 0. The first-order valence-electron chi connectivity index (χ1n) is 6.41. The first-order chi connectivity index (χ1) is 9.03. The van der Waals surface area contributed by atoms with Gasteiger partial charge >= 0.3 is 0 Å². The van der Waals surface area contributed by atoms with Crippen molar-refractivity contribution in [2.75, 3.05) is 0 Å². The molecule has 0 spiro atoms. The van der Waals surface area contributed by atoms with Crippen molar-refractivity contribution >= 4 is 0 Å². The molecular weight excluding hydrogens is 242 g/mol. The van der Waals surface area contributed by atoms with E-state index < -0.39 is 0 Å². The highest BCUT2D eigenvalue weighted by Gasteiger charge is 2.06. The van der Waals surface area contributed by atoms with Crippen LogP contribution in [-0.2, 0) is 0 Å². The van der Waals surface area contributed by atoms with E-state index in [1.54, 1.807) is 0 Å². The molecule has 0 amide bonds. The number of allylic oxidation sites excluding steroid dienone is 3. The van der Waals surface area contributed by atoms with E-state index in [2.05, 4.69) is 71.1 Å². The van der Waals surface area contributed by atoms with Crippen LogP contribution in [0.4, 0.5) is 0 Å². The van der Waals surface area contributed by atoms with Gasteiger partial charge in [0.1, 0.15) is 0 Å². The lowest BCUT2D eigenvalue weighted by Crippen LogP contribution is -2.04. The van der Waals surface area contributed by atoms with E-state index in [4.69, 9.17) is 6.42 Å². The molecule has 0 aromatic heterocycles. The predicted molar refractivity (Wildman–Crippen MR) is 96.4 cm³/mol. The molecule has 0 aromatic rings. The number of terminal acetylenes is 3. The third-order valence-electron chi connectivity index (χ3n) is 2.29. The average molecular weight is 275 g/mol. The van der Waals surface area contributed by atoms with Crippen molar-refractivity contribution in [3.8, 4) is 38.0 Å². The van der Waals surface area contributed by atoms with Crippen molar-refractivity contribution in [2.45, 2.75) is 41.0 Å². The maximum absolute atomic E-state index is 4.92. The summed E-state index contributed by atoms with van der Waals surface area (Å²) in [7, 11) is 0. The van der Waals surface area contributed by atoms with Crippen LogP contribution in [0.3, 0.4) is 0 Å². The summed E-state index contributed by atoms with van der Waals surface area (Å²) in [6, 6.07) is 0. The lowest BCUT2D eigenvalue weighted by molar-refractivity contribution is 0.497. The molecule has 0 aromatic carbocycles. The lowest BCUT2D eigenvalue weighted by atomic mass is 9.91. The zero-order valence-corrected chi connectivity index (χ0v) is 14.0. The SMILES string of the molecule is C#C.C#C.C#CC(C)C.C=CC(C)C(/C=C\C)CC.N. The zero-order valence-electron chi connectivity index (χ0n) is 14.0. The Bertz CT molecular complexity index is 267. The van der Waals surface area contributed by atoms with Gasteiger partial charge in [0, 0.05) is 5.92 Å². The van der Waals surface area contributed by atoms with Crippen LogP contribution < -0.4 is 6.15 Å². The Labute approximate surface area is 128 Å². The van der Waals surface area contributed by atoms with E-state index in [0.29, 0.717) is 17.8 Å². The molecule has 0 radical (unpaired) electrons. The Morgan fingerprint density at radius 2 is 1.45 bits per heavy atom. The van der Waals surface area contributed by atoms with Crippen LogP contribution in [-0.4, -0.2) is 0 Å². The summed E-state index contributed by atoms with van der Waals surface area (Å²) in [6.45, 7) is 14.2. The summed E-state index contributed by atoms with van der Waals surface area (Å²) in [5.41, 5.74) is 0. The second-order valence-electron chi connectivity index (χ2n) is 4.01. The molecule has 0 fully saturated rings. The van der Waals surface area contributed by atoms with E-state index in [1.165, 1.54) is 6.42 Å². The summed E-state index contributed by atoms with van der Waals surface area (Å²) < 4.78 is 0. The monoisotopic (exact) mass is 275 g/mol. The first-order valence-corrected chi connectivity index (χ1v) is 6.41. The maximum Gasteiger partial charge on any atom is 0.0143 e. The van der Waals surface area contributed by atoms with E-state index in [-0.39, 0.29) is 6.15 Å². The fraction of sp³-hybridized carbons (Fsp3) is 0.474. The van der Waals surface area contributed by atoms with Crippen molar-refractivity contribution < 1.29 is 0 Å². The average Bonchev–Trinajstić information content (AvgIpc) is 2.48. The Kier molecular flexibility index (Phi) is 46.7. The van der Waals surface area contributed by atoms with Crippen molar-refractivity contribution in [1.29, 1.82) is 0 Å². The molecule has 2 atom stereocenters. The van der Waals surface area contributed by atoms with E-state index in [9.17, 15) is 0 Å². The van der Waals surface area contributed by atoms with Crippen molar-refractivity contribution in [2.24, 2.45) is 17.8 Å². The molecule has 2 unspecified atom stereocenters. The minimum Gasteiger partial charge on any atom is -0.344 e. The summed E-state index contributed by atoms with van der Waals surface area (Å²) in [4.78, 5) is 0. The molecule has 1 heteroatoms. The quantitative estimate of drug-likeness (QED) is 0.545. The van der Waals surface area contributed by atoms with Gasteiger partial charge in [-0.3, -0.25) is 0 Å². The van der Waals surface area contributed by atoms with Crippen molar-refractivity contribution in [3.05, 3.63) is 24.8 Å². The minimum atomic E-state index is 0. The standard InChI is InChI=1S/C10H18.C5H8.2C2H2.H3N/c1-5-8-10(7-3)9(4)6-2;1-4-5(2)3;2*1-2;/h5-6,8-10H,2,7H2,1,3-4H3;1,5H,2-3H3;2*1-2H;1H3/b8-5-;;;;. The number of hydrogen-bond donors (Lipinski definition) is 1. The Balaban J connectivity index is -0.0000000639. The van der Waals surface area contributed by atoms with Crippen molar-refractivity contribution in [1.82, 2.24) is 6.15 Å². The third-order valence-corrected chi connectivity index (χ3v) is 2.29. The second kappa shape index (κ2) is 30.3. The van der Waals surface area contributed by atoms with Gasteiger partial charge in [-0.15, -0.1) is 44.6 Å². The molecule has 0 aliphatic rings. The van der Waals surface area contributed by atoms with E-state index in [1.807, 2.05) is 19.9 Å². The first kappa shape index (κ1) is 30.9. The molecule has 0 aliphatic heterocycles. The van der Waals surface area contributed by atoms with Crippen LogP contribution in [0.2, 0.25) is 0 Å². The molecule has 20 heavy (non-hydrogen) atoms. The molecular formula is C19H33N. The Morgan fingerprint density at radius 1 is 1.10 bits per heavy atom. The normalized spacial score (nSPS) is 10.7. The van der Waals surface area contributed by atoms with Gasteiger partial charge in [-0.2, -0.15) is 0 Å². The van der Waals surface area contributed by atoms with Gasteiger partial charge in [0.25, 0.3) is 0 Å². The van der Waals surface area contributed by atoms with Crippen LogP contribution in [0, 0.1) is 55.8 Å². The summed E-state index contributed by atoms with van der Waals surface area (Å²) in [6.07, 6.45) is 28.5. The van der Waals surface area contributed by atoms with E-state index >= 15 is 0 Å². The highest BCUT2D eigenvalue weighted by atomic mass is 14.1. The number of hydrogen-bond acceptors (Lipinski definition) is 1. The van der Waals surface area contributed by atoms with Crippen LogP contribution >= 0.6 is 0 Å². The molecule has 0 saturated carbocycles. The van der Waals surface area contributed by atoms with Gasteiger partial charge in [0.15, 0.2) is 0 Å². The van der Waals surface area contributed by atoms with Gasteiger partial charge in [-0.05, 0) is 25.2 Å². The Hall–Kier alpha value is -1.88. The highest BCUT2D eigenvalue weighted by molar-refractivity contribution is 4.93. The van der Waals surface area contributed by atoms with Crippen LogP contribution in [0.5, 0.6) is 0 Å². The van der Waals surface area contributed by atoms with Gasteiger partial charge in [0.05, 0.1) is 0 Å². The van der Waals surface area contributed by atoms with Gasteiger partial charge in [-0.25, -0.2) is 0 Å². The summed E-state index contributed by atoms with van der Waals surface area (Å²) in [5.74, 6) is 4.23. The number of rotatable bonds is 4. The molecule has 0 rings (SSSR count). The lowest BCUT2D eigenvalue weighted by Gasteiger charge is -2.14. The predicted octanol–water partition coefficient (Wildman–Crippen LogP) is 5.35. The van der Waals surface area contributed by atoms with Crippen molar-refractivity contribution in [3.63, 3.8) is 0 Å². The summed E-state index contributed by atoms with van der Waals surface area (Å²) in [5, 5.41) is 0. The van der Waals surface area contributed by atoms with Crippen LogP contribution in [0.1, 0.15) is 41.0 Å². The molecule has 0 aliphatic carbocycles. The largest absolute Gasteiger partial charge is 0.344 e. The topological polar surface area (TPSA) is 35.0 Å². The van der Waals surface area contributed by atoms with Gasteiger partial charge in [0.2, 0.25) is 0 Å². The molecule has 3 N–H and O–H groups in total. The zero-order chi connectivity index (χ0) is 16.3. The fourth-order valence-corrected chi connectivity index (χ4v) is 1.11. The Morgan fingerprint density at radius 3 is 1.60 bits per heavy atom. The molecule has 1 nitrogen and oxygen atoms in total. The molecule has 0 saturated heterocycles. The highest BCUT2D eigenvalue weighted by Crippen LogP contribution is 2.17. The molecule has 0 heterocycles. The van der Waals surface area contributed by atoms with Gasteiger partial charge in [-0.1, -0.05) is 45.9 Å². The molecule has 114 valence electrons. The minimum absolute atomic E-state index is 0. The third kappa shape index (κ3) is 29.8. The maximum atomic E-state index is 4.92. The van der Waals surface area contributed by atoms with Gasteiger partial charge < -0.3 is 6.15 Å². The fourth-order valence-electron chi connectivity index (χ4n) is 1.11. The molecule has 0 bridgehead atoms. The second-order valence-corrected chi connectivity index (χ2v) is 4.01. The smallest absolute Gasteiger partial charge is 0.0143 e. The van der Waals surface area contributed by atoms with Crippen LogP contribution in [0.25, 0.3) is 0 Å². The van der Waals surface area contributed by atoms with Crippen LogP contribution in [0.15, 0.2) is 24.8 Å².